The smallest absolute Gasteiger partial charge is 0.291 e. The molecule has 3 N–H and O–H groups in total. The van der Waals surface area contributed by atoms with Crippen LogP contribution in [0.25, 0.3) is 22.7 Å². The van der Waals surface area contributed by atoms with Crippen LogP contribution < -0.4 is 5.32 Å². The summed E-state index contributed by atoms with van der Waals surface area (Å²) in [6.07, 6.45) is 8.07. The average molecular weight is 482 g/mol. The number of hydrogen-bond donors (Lipinski definition) is 3. The van der Waals surface area contributed by atoms with Crippen LogP contribution in [0.15, 0.2) is 53.5 Å². The normalized spacial score (nSPS) is 16.6. The first-order valence-electron chi connectivity index (χ1n) is 10.8. The molecule has 35 heavy (non-hydrogen) atoms. The van der Waals surface area contributed by atoms with E-state index in [9.17, 15) is 9.18 Å². The molecule has 1 aliphatic carbocycles. The molecule has 1 saturated carbocycles. The van der Waals surface area contributed by atoms with Crippen LogP contribution in [0.3, 0.4) is 0 Å². The van der Waals surface area contributed by atoms with Gasteiger partial charge >= 0.3 is 0 Å². The number of aromatic amines is 1. The second-order valence-corrected chi connectivity index (χ2v) is 7.65. The van der Waals surface area contributed by atoms with Gasteiger partial charge in [-0.2, -0.15) is 10.2 Å². The van der Waals surface area contributed by atoms with E-state index in [1.165, 1.54) is 12.1 Å². The van der Waals surface area contributed by atoms with Crippen LogP contribution in [-0.2, 0) is 9.53 Å². The Morgan fingerprint density at radius 3 is 2.80 bits per heavy atom. The molecule has 4 aromatic heterocycles. The van der Waals surface area contributed by atoms with Gasteiger partial charge in [-0.25, -0.2) is 4.39 Å². The quantitative estimate of drug-likeness (QED) is 0.337. The zero-order chi connectivity index (χ0) is 24.8. The van der Waals surface area contributed by atoms with E-state index in [0.29, 0.717) is 29.4 Å². The van der Waals surface area contributed by atoms with Crippen LogP contribution in [0.4, 0.5) is 10.1 Å². The number of halogens is 1. The molecule has 1 aliphatic rings. The average Bonchev–Trinajstić information content (AvgIpc) is 3.57. The number of rotatable bonds is 7. The van der Waals surface area contributed by atoms with Gasteiger partial charge in [-0.3, -0.25) is 24.4 Å². The number of amides is 1. The van der Waals surface area contributed by atoms with Crippen molar-refractivity contribution in [2.75, 3.05) is 11.9 Å². The maximum absolute atomic E-state index is 13.4. The summed E-state index contributed by atoms with van der Waals surface area (Å²) in [5, 5.41) is 21.0. The number of aromatic nitrogens is 5. The van der Waals surface area contributed by atoms with Gasteiger partial charge < -0.3 is 19.6 Å². The summed E-state index contributed by atoms with van der Waals surface area (Å²) in [6, 6.07) is 6.30. The number of anilines is 1. The molecule has 0 unspecified atom stereocenters. The fourth-order valence-electron chi connectivity index (χ4n) is 3.69. The fraction of sp³-hybridized carbons (Fsp3) is 0.261. The van der Waals surface area contributed by atoms with Gasteiger partial charge in [0.2, 0.25) is 0 Å². The molecule has 0 saturated heterocycles. The summed E-state index contributed by atoms with van der Waals surface area (Å²) >= 11 is 0. The Labute approximate surface area is 198 Å². The first-order chi connectivity index (χ1) is 17.0. The van der Waals surface area contributed by atoms with E-state index in [4.69, 9.17) is 19.1 Å². The Bertz CT molecular complexity index is 1260. The van der Waals surface area contributed by atoms with Crippen molar-refractivity contribution in [1.82, 2.24) is 25.0 Å². The molecule has 182 valence electrons. The van der Waals surface area contributed by atoms with E-state index >= 15 is 0 Å². The van der Waals surface area contributed by atoms with Gasteiger partial charge in [-0.05, 0) is 44.0 Å². The van der Waals surface area contributed by atoms with Crippen molar-refractivity contribution in [2.24, 2.45) is 0 Å². The SMILES string of the molecule is CCO[C@H]1C[C@H](n2cc(NC(=O)c3ccc(-c4cn[nH]c4)o3)c(-c3ccc(F)cn3)n2)C1.O=CO. The Morgan fingerprint density at radius 2 is 2.14 bits per heavy atom. The molecule has 11 nitrogen and oxygen atoms in total. The number of pyridine rings is 1. The highest BCUT2D eigenvalue weighted by Gasteiger charge is 2.32. The maximum atomic E-state index is 13.4. The summed E-state index contributed by atoms with van der Waals surface area (Å²) in [7, 11) is 0. The lowest BCUT2D eigenvalue weighted by Crippen LogP contribution is -2.33. The lowest BCUT2D eigenvalue weighted by molar-refractivity contribution is -0.122. The molecule has 4 aromatic rings. The monoisotopic (exact) mass is 482 g/mol. The number of carbonyl (C=O) groups excluding carboxylic acids is 1. The fourth-order valence-corrected chi connectivity index (χ4v) is 3.69. The van der Waals surface area contributed by atoms with Crippen molar-refractivity contribution in [2.45, 2.75) is 31.9 Å². The van der Waals surface area contributed by atoms with Gasteiger partial charge in [-0.1, -0.05) is 0 Å². The van der Waals surface area contributed by atoms with Crippen molar-refractivity contribution < 1.29 is 28.2 Å². The Hall–Kier alpha value is -4.32. The number of nitrogens with zero attached hydrogens (tertiary/aromatic N) is 4. The first-order valence-corrected chi connectivity index (χ1v) is 10.8. The second-order valence-electron chi connectivity index (χ2n) is 7.65. The van der Waals surface area contributed by atoms with Crippen LogP contribution in [0, 0.1) is 5.82 Å². The molecule has 5 rings (SSSR count). The van der Waals surface area contributed by atoms with Crippen LogP contribution in [-0.4, -0.2) is 55.2 Å². The molecular weight excluding hydrogens is 459 g/mol. The molecular formula is C23H23FN6O5. The molecule has 4 heterocycles. The summed E-state index contributed by atoms with van der Waals surface area (Å²) in [6.45, 7) is 2.40. The summed E-state index contributed by atoms with van der Waals surface area (Å²) in [5.74, 6) is -0.202. The third-order valence-corrected chi connectivity index (χ3v) is 5.41. The summed E-state index contributed by atoms with van der Waals surface area (Å²) in [4.78, 5) is 25.4. The topological polar surface area (TPSA) is 148 Å². The first kappa shape index (κ1) is 23.8. The number of hydrogen-bond acceptors (Lipinski definition) is 7. The van der Waals surface area contributed by atoms with Crippen molar-refractivity contribution in [3.05, 3.63) is 60.6 Å². The molecule has 0 aliphatic heterocycles. The van der Waals surface area contributed by atoms with E-state index in [1.54, 1.807) is 30.7 Å². The minimum Gasteiger partial charge on any atom is -0.483 e. The number of nitrogens with one attached hydrogen (secondary N) is 2. The number of carbonyl (C=O) groups is 2. The minimum absolute atomic E-state index is 0.145. The van der Waals surface area contributed by atoms with Crippen molar-refractivity contribution in [3.8, 4) is 22.7 Å². The van der Waals surface area contributed by atoms with Gasteiger partial charge in [0.15, 0.2) is 5.76 Å². The third kappa shape index (κ3) is 5.44. The predicted molar refractivity (Wildman–Crippen MR) is 122 cm³/mol. The lowest BCUT2D eigenvalue weighted by atomic mass is 9.89. The van der Waals surface area contributed by atoms with Gasteiger partial charge in [0.05, 0.1) is 41.5 Å². The van der Waals surface area contributed by atoms with E-state index in [1.807, 2.05) is 11.6 Å². The van der Waals surface area contributed by atoms with E-state index in [-0.39, 0.29) is 24.4 Å². The molecule has 12 heteroatoms. The second kappa shape index (κ2) is 10.7. The maximum Gasteiger partial charge on any atom is 0.291 e. The Morgan fingerprint density at radius 1 is 1.34 bits per heavy atom. The number of furan rings is 1. The zero-order valence-corrected chi connectivity index (χ0v) is 18.7. The molecule has 0 radical (unpaired) electrons. The minimum atomic E-state index is -0.445. The van der Waals surface area contributed by atoms with Crippen LogP contribution >= 0.6 is 0 Å². The van der Waals surface area contributed by atoms with Gasteiger partial charge in [0, 0.05) is 19.0 Å². The molecule has 0 aromatic carbocycles. The highest BCUT2D eigenvalue weighted by Crippen LogP contribution is 2.37. The Balaban J connectivity index is 0.000000917. The predicted octanol–water partition coefficient (Wildman–Crippen LogP) is 3.76. The van der Waals surface area contributed by atoms with E-state index in [2.05, 4.69) is 25.6 Å². The molecule has 1 fully saturated rings. The van der Waals surface area contributed by atoms with Gasteiger partial charge in [0.1, 0.15) is 17.3 Å². The largest absolute Gasteiger partial charge is 0.483 e. The highest BCUT2D eigenvalue weighted by atomic mass is 19.1. The van der Waals surface area contributed by atoms with Crippen LogP contribution in [0.1, 0.15) is 36.4 Å². The number of ether oxygens (including phenoxy) is 1. The van der Waals surface area contributed by atoms with Crippen molar-refractivity contribution >= 4 is 18.1 Å². The summed E-state index contributed by atoms with van der Waals surface area (Å²) < 4.78 is 26.5. The number of H-pyrrole nitrogens is 1. The highest BCUT2D eigenvalue weighted by molar-refractivity contribution is 6.04. The molecule has 0 atom stereocenters. The van der Waals surface area contributed by atoms with Crippen molar-refractivity contribution in [3.63, 3.8) is 0 Å². The standard InChI is InChI=1S/C22H21FN6O3.CH2O2/c1-2-31-16-7-15(8-16)29-12-18(21(28-29)17-4-3-14(23)11-24-17)27-22(30)20-6-5-19(32-20)13-9-25-26-10-13;2-1-3/h3-6,9-12,15-16H,2,7-8H2,1H3,(H,25,26)(H,27,30);1H,(H,2,3)/t15-,16-;. The van der Waals surface area contributed by atoms with Crippen LogP contribution in [0.5, 0.6) is 0 Å². The molecule has 0 bridgehead atoms. The van der Waals surface area contributed by atoms with Gasteiger partial charge in [0.25, 0.3) is 12.4 Å². The third-order valence-electron chi connectivity index (χ3n) is 5.41. The number of carboxylic acid groups (broad SMARTS) is 1. The van der Waals surface area contributed by atoms with E-state index < -0.39 is 11.7 Å². The lowest BCUT2D eigenvalue weighted by Gasteiger charge is -2.34. The van der Waals surface area contributed by atoms with Crippen LogP contribution in [0.2, 0.25) is 0 Å². The molecule has 0 spiro atoms. The summed E-state index contributed by atoms with van der Waals surface area (Å²) in [5.41, 5.74) is 2.12. The molecule has 1 amide bonds. The van der Waals surface area contributed by atoms with Crippen molar-refractivity contribution in [1.29, 1.82) is 0 Å². The van der Waals surface area contributed by atoms with Gasteiger partial charge in [-0.15, -0.1) is 0 Å². The van der Waals surface area contributed by atoms with E-state index in [0.717, 1.165) is 24.6 Å². The zero-order valence-electron chi connectivity index (χ0n) is 18.7. The Kier molecular flexibility index (Phi) is 7.31.